The molecule has 0 rings (SSSR count). The summed E-state index contributed by atoms with van der Waals surface area (Å²) in [6, 6.07) is 0. The Balaban J connectivity index is 3.35. The van der Waals surface area contributed by atoms with Crippen LogP contribution in [0.25, 0.3) is 0 Å². The highest BCUT2D eigenvalue weighted by Crippen LogP contribution is 2.19. The summed E-state index contributed by atoms with van der Waals surface area (Å²) in [4.78, 5) is 0. The summed E-state index contributed by atoms with van der Waals surface area (Å²) in [5.74, 6) is 7.06. The van der Waals surface area contributed by atoms with E-state index in [1.165, 1.54) is 44.9 Å². The van der Waals surface area contributed by atoms with Gasteiger partial charge in [-0.3, -0.25) is 0 Å². The van der Waals surface area contributed by atoms with Crippen LogP contribution in [0.3, 0.4) is 0 Å². The quantitative estimate of drug-likeness (QED) is 0.385. The molecule has 0 bridgehead atoms. The van der Waals surface area contributed by atoms with Crippen LogP contribution in [0.4, 0.5) is 0 Å². The minimum atomic E-state index is 0.976. The largest absolute Gasteiger partial charge is 0.107 e. The first kappa shape index (κ1) is 13.6. The first-order valence-corrected chi connectivity index (χ1v) is 6.24. The van der Waals surface area contributed by atoms with E-state index in [1.807, 2.05) is 6.92 Å². The van der Waals surface area contributed by atoms with Crippen LogP contribution in [0.1, 0.15) is 72.1 Å². The van der Waals surface area contributed by atoms with Gasteiger partial charge in [-0.2, -0.15) is 0 Å². The predicted molar refractivity (Wildman–Crippen MR) is 65.2 cm³/mol. The van der Waals surface area contributed by atoms with Gasteiger partial charge in [-0.15, -0.1) is 11.8 Å². The minimum Gasteiger partial charge on any atom is -0.107 e. The Hall–Kier alpha value is -0.440. The van der Waals surface area contributed by atoms with E-state index in [-0.39, 0.29) is 0 Å². The van der Waals surface area contributed by atoms with Crippen LogP contribution in [0.2, 0.25) is 0 Å². The highest BCUT2D eigenvalue weighted by atomic mass is 14.1. The molecule has 0 saturated carbocycles. The fourth-order valence-corrected chi connectivity index (χ4v) is 1.82. The molecule has 0 aromatic heterocycles. The smallest absolute Gasteiger partial charge is 0.00885 e. The predicted octanol–water partition coefficient (Wildman–Crippen LogP) is 4.79. The lowest BCUT2D eigenvalue weighted by Gasteiger charge is -2.13. The second kappa shape index (κ2) is 10.6. The summed E-state index contributed by atoms with van der Waals surface area (Å²) in [5, 5.41) is 0. The molecule has 0 saturated heterocycles. The van der Waals surface area contributed by atoms with E-state index in [0.29, 0.717) is 0 Å². The van der Waals surface area contributed by atoms with Gasteiger partial charge in [0, 0.05) is 6.42 Å². The van der Waals surface area contributed by atoms with Crippen molar-refractivity contribution in [2.45, 2.75) is 72.1 Å². The average molecular weight is 194 g/mol. The van der Waals surface area contributed by atoms with E-state index in [0.717, 1.165) is 12.3 Å². The van der Waals surface area contributed by atoms with Crippen LogP contribution in [0.5, 0.6) is 0 Å². The molecule has 0 heteroatoms. The summed E-state index contributed by atoms with van der Waals surface area (Å²) in [6.45, 7) is 6.53. The molecule has 0 aromatic rings. The van der Waals surface area contributed by atoms with Crippen molar-refractivity contribution < 1.29 is 0 Å². The van der Waals surface area contributed by atoms with E-state index >= 15 is 0 Å². The molecule has 14 heavy (non-hydrogen) atoms. The van der Waals surface area contributed by atoms with Gasteiger partial charge in [0.2, 0.25) is 0 Å². The zero-order chi connectivity index (χ0) is 10.6. The third kappa shape index (κ3) is 8.17. The van der Waals surface area contributed by atoms with Crippen LogP contribution in [-0.2, 0) is 0 Å². The van der Waals surface area contributed by atoms with Crippen LogP contribution in [0.15, 0.2) is 0 Å². The molecule has 0 N–H and O–H groups in total. The van der Waals surface area contributed by atoms with Crippen molar-refractivity contribution in [3.63, 3.8) is 0 Å². The fraction of sp³-hybridized carbons (Fsp3) is 0.857. The van der Waals surface area contributed by atoms with Crippen LogP contribution in [0, 0.1) is 17.8 Å². The van der Waals surface area contributed by atoms with Crippen molar-refractivity contribution in [1.29, 1.82) is 0 Å². The van der Waals surface area contributed by atoms with Crippen molar-refractivity contribution >= 4 is 0 Å². The lowest BCUT2D eigenvalue weighted by Crippen LogP contribution is -1.98. The van der Waals surface area contributed by atoms with E-state index in [1.54, 1.807) is 0 Å². The summed E-state index contributed by atoms with van der Waals surface area (Å²) in [7, 11) is 0. The van der Waals surface area contributed by atoms with Gasteiger partial charge < -0.3 is 0 Å². The normalized spacial score (nSPS) is 11.9. The monoisotopic (exact) mass is 194 g/mol. The molecule has 0 aliphatic heterocycles. The molecule has 0 spiro atoms. The lowest BCUT2D eigenvalue weighted by atomic mass is 9.93. The molecule has 0 aromatic carbocycles. The molecular weight excluding hydrogens is 168 g/mol. The Morgan fingerprint density at radius 1 is 1.00 bits per heavy atom. The summed E-state index contributed by atoms with van der Waals surface area (Å²) < 4.78 is 0. The first-order chi connectivity index (χ1) is 6.85. The maximum Gasteiger partial charge on any atom is 0.00885 e. The summed E-state index contributed by atoms with van der Waals surface area (Å²) in [5.41, 5.74) is 0. The summed E-state index contributed by atoms with van der Waals surface area (Å²) >= 11 is 0. The third-order valence-corrected chi connectivity index (χ3v) is 2.88. The SMILES string of the molecule is CC#CCCCCC(CC)CCCC. The third-order valence-electron chi connectivity index (χ3n) is 2.88. The number of unbranched alkanes of at least 4 members (excludes halogenated alkanes) is 3. The highest BCUT2D eigenvalue weighted by molar-refractivity contribution is 4.94. The minimum absolute atomic E-state index is 0.976. The molecule has 82 valence electrons. The molecule has 0 fully saturated rings. The molecule has 0 nitrogen and oxygen atoms in total. The Morgan fingerprint density at radius 3 is 2.29 bits per heavy atom. The highest BCUT2D eigenvalue weighted by Gasteiger charge is 2.04. The standard InChI is InChI=1S/C14H26/c1-4-7-9-10-11-13-14(6-3)12-8-5-2/h14H,5-6,8-13H2,1-3H3. The summed E-state index contributed by atoms with van der Waals surface area (Å²) in [6.07, 6.45) is 10.7. The van der Waals surface area contributed by atoms with Crippen molar-refractivity contribution in [3.05, 3.63) is 0 Å². The zero-order valence-corrected chi connectivity index (χ0v) is 10.2. The second-order valence-electron chi connectivity index (χ2n) is 4.09. The van der Waals surface area contributed by atoms with Crippen LogP contribution in [-0.4, -0.2) is 0 Å². The van der Waals surface area contributed by atoms with Crippen molar-refractivity contribution in [3.8, 4) is 11.8 Å². The van der Waals surface area contributed by atoms with Gasteiger partial charge in [0.1, 0.15) is 0 Å². The van der Waals surface area contributed by atoms with Gasteiger partial charge >= 0.3 is 0 Å². The second-order valence-corrected chi connectivity index (χ2v) is 4.09. The van der Waals surface area contributed by atoms with E-state index in [4.69, 9.17) is 0 Å². The van der Waals surface area contributed by atoms with E-state index in [9.17, 15) is 0 Å². The molecular formula is C14H26. The van der Waals surface area contributed by atoms with Gasteiger partial charge in [-0.05, 0) is 19.3 Å². The molecule has 1 unspecified atom stereocenters. The van der Waals surface area contributed by atoms with Crippen LogP contribution < -0.4 is 0 Å². The van der Waals surface area contributed by atoms with Gasteiger partial charge in [-0.25, -0.2) is 0 Å². The van der Waals surface area contributed by atoms with Crippen molar-refractivity contribution in [2.24, 2.45) is 5.92 Å². The maximum absolute atomic E-state index is 3.13. The number of rotatable bonds is 8. The fourth-order valence-electron chi connectivity index (χ4n) is 1.82. The average Bonchev–Trinajstić information content (AvgIpc) is 2.22. The van der Waals surface area contributed by atoms with E-state index in [2.05, 4.69) is 25.7 Å². The van der Waals surface area contributed by atoms with Crippen molar-refractivity contribution in [2.75, 3.05) is 0 Å². The Bertz CT molecular complexity index is 159. The van der Waals surface area contributed by atoms with Crippen LogP contribution >= 0.6 is 0 Å². The molecule has 0 aliphatic carbocycles. The molecule has 1 atom stereocenters. The van der Waals surface area contributed by atoms with Gasteiger partial charge in [0.25, 0.3) is 0 Å². The molecule has 0 amide bonds. The topological polar surface area (TPSA) is 0 Å². The molecule has 0 heterocycles. The molecule has 0 radical (unpaired) electrons. The van der Waals surface area contributed by atoms with Gasteiger partial charge in [0.05, 0.1) is 0 Å². The molecule has 0 aliphatic rings. The lowest BCUT2D eigenvalue weighted by molar-refractivity contribution is 0.406. The van der Waals surface area contributed by atoms with Crippen molar-refractivity contribution in [1.82, 2.24) is 0 Å². The Morgan fingerprint density at radius 2 is 1.71 bits per heavy atom. The van der Waals surface area contributed by atoms with Gasteiger partial charge in [0.15, 0.2) is 0 Å². The Labute approximate surface area is 90.5 Å². The van der Waals surface area contributed by atoms with Gasteiger partial charge in [-0.1, -0.05) is 52.4 Å². The first-order valence-electron chi connectivity index (χ1n) is 6.24. The number of hydrogen-bond acceptors (Lipinski definition) is 0. The zero-order valence-electron chi connectivity index (χ0n) is 10.2. The maximum atomic E-state index is 3.13. The van der Waals surface area contributed by atoms with E-state index < -0.39 is 0 Å². The number of hydrogen-bond donors (Lipinski definition) is 0. The Kier molecular flexibility index (Phi) is 10.3.